The average Bonchev–Trinajstić information content (AvgIpc) is 2.81. The van der Waals surface area contributed by atoms with Crippen molar-refractivity contribution in [2.45, 2.75) is 39.0 Å². The maximum Gasteiger partial charge on any atom is 0.222 e. The number of rotatable bonds is 6. The molecule has 1 aromatic carbocycles. The fourth-order valence-electron chi connectivity index (χ4n) is 2.41. The molecular formula is C16H21NO2. The molecule has 0 saturated carbocycles. The Hall–Kier alpha value is -1.64. The maximum atomic E-state index is 11.9. The highest BCUT2D eigenvalue weighted by Gasteiger charge is 2.19. The number of unbranched alkanes of at least 4 members (excludes halogenated alkanes) is 1. The zero-order valence-electron chi connectivity index (χ0n) is 11.5. The van der Waals surface area contributed by atoms with Crippen LogP contribution in [-0.2, 0) is 4.79 Å². The zero-order chi connectivity index (χ0) is 13.7. The van der Waals surface area contributed by atoms with Crippen LogP contribution in [0.25, 0.3) is 0 Å². The topological polar surface area (TPSA) is 37.4 Å². The van der Waals surface area contributed by atoms with E-state index in [9.17, 15) is 9.59 Å². The molecule has 0 bridgehead atoms. The first kappa shape index (κ1) is 13.8. The third-order valence-electron chi connectivity index (χ3n) is 3.63. The summed E-state index contributed by atoms with van der Waals surface area (Å²) in [6.45, 7) is 3.71. The van der Waals surface area contributed by atoms with E-state index < -0.39 is 0 Å². The minimum Gasteiger partial charge on any atom is -0.343 e. The molecule has 0 unspecified atom stereocenters. The number of ketones is 1. The van der Waals surface area contributed by atoms with Crippen LogP contribution in [0.2, 0.25) is 0 Å². The second-order valence-electron chi connectivity index (χ2n) is 5.23. The highest BCUT2D eigenvalue weighted by molar-refractivity contribution is 5.96. The molecule has 1 aliphatic heterocycles. The lowest BCUT2D eigenvalue weighted by Crippen LogP contribution is -2.25. The van der Waals surface area contributed by atoms with E-state index in [1.54, 1.807) is 0 Å². The Bertz CT molecular complexity index is 450. The molecule has 0 aliphatic carbocycles. The second kappa shape index (κ2) is 6.50. The van der Waals surface area contributed by atoms with Crippen LogP contribution >= 0.6 is 0 Å². The lowest BCUT2D eigenvalue weighted by Gasteiger charge is -2.14. The molecule has 3 heteroatoms. The summed E-state index contributed by atoms with van der Waals surface area (Å²) in [7, 11) is 0. The Morgan fingerprint density at radius 2 is 1.95 bits per heavy atom. The average molecular weight is 259 g/mol. The lowest BCUT2D eigenvalue weighted by molar-refractivity contribution is -0.127. The van der Waals surface area contributed by atoms with Crippen molar-refractivity contribution in [1.29, 1.82) is 0 Å². The number of aryl methyl sites for hydroxylation is 1. The summed E-state index contributed by atoms with van der Waals surface area (Å²) in [5.41, 5.74) is 1.96. The Labute approximate surface area is 114 Å². The molecule has 0 N–H and O–H groups in total. The van der Waals surface area contributed by atoms with Crippen molar-refractivity contribution in [1.82, 2.24) is 4.90 Å². The van der Waals surface area contributed by atoms with Crippen molar-refractivity contribution in [3.05, 3.63) is 35.4 Å². The maximum absolute atomic E-state index is 11.9. The van der Waals surface area contributed by atoms with Gasteiger partial charge in [-0.05, 0) is 26.2 Å². The van der Waals surface area contributed by atoms with Gasteiger partial charge in [0, 0.05) is 31.5 Å². The van der Waals surface area contributed by atoms with Gasteiger partial charge in [-0.2, -0.15) is 0 Å². The predicted octanol–water partition coefficient (Wildman–Crippen LogP) is 2.97. The predicted molar refractivity (Wildman–Crippen MR) is 75.2 cm³/mol. The molecule has 1 amide bonds. The van der Waals surface area contributed by atoms with Crippen LogP contribution in [0, 0.1) is 6.92 Å². The standard InChI is InChI=1S/C16H21NO2/c1-13-7-9-14(10-8-13)15(18)5-2-3-11-17-12-4-6-16(17)19/h7-10H,2-6,11-12H2,1H3. The van der Waals surface area contributed by atoms with Gasteiger partial charge in [0.25, 0.3) is 0 Å². The van der Waals surface area contributed by atoms with Gasteiger partial charge in [-0.15, -0.1) is 0 Å². The first-order valence-electron chi connectivity index (χ1n) is 7.04. The molecule has 3 nitrogen and oxygen atoms in total. The van der Waals surface area contributed by atoms with Crippen molar-refractivity contribution < 1.29 is 9.59 Å². The fourth-order valence-corrected chi connectivity index (χ4v) is 2.41. The Kier molecular flexibility index (Phi) is 4.72. The highest BCUT2D eigenvalue weighted by Crippen LogP contribution is 2.12. The fraction of sp³-hybridized carbons (Fsp3) is 0.500. The summed E-state index contributed by atoms with van der Waals surface area (Å²) >= 11 is 0. The van der Waals surface area contributed by atoms with Crippen molar-refractivity contribution in [3.63, 3.8) is 0 Å². The number of Topliss-reactive ketones (excluding diaryl/α,β-unsaturated/α-hetero) is 1. The normalized spacial score (nSPS) is 15.0. The van der Waals surface area contributed by atoms with Crippen LogP contribution in [0.4, 0.5) is 0 Å². The number of hydrogen-bond donors (Lipinski definition) is 0. The van der Waals surface area contributed by atoms with Crippen LogP contribution in [0.15, 0.2) is 24.3 Å². The van der Waals surface area contributed by atoms with Gasteiger partial charge >= 0.3 is 0 Å². The summed E-state index contributed by atoms with van der Waals surface area (Å²) in [6.07, 6.45) is 4.04. The number of amides is 1. The van der Waals surface area contributed by atoms with E-state index in [1.165, 1.54) is 5.56 Å². The molecule has 1 aliphatic rings. The van der Waals surface area contributed by atoms with Gasteiger partial charge < -0.3 is 4.90 Å². The van der Waals surface area contributed by atoms with Crippen LogP contribution in [0.1, 0.15) is 48.0 Å². The molecule has 102 valence electrons. The van der Waals surface area contributed by atoms with E-state index in [1.807, 2.05) is 36.1 Å². The molecule has 0 spiro atoms. The minimum atomic E-state index is 0.202. The van der Waals surface area contributed by atoms with Gasteiger partial charge in [-0.25, -0.2) is 0 Å². The highest BCUT2D eigenvalue weighted by atomic mass is 16.2. The van der Waals surface area contributed by atoms with E-state index >= 15 is 0 Å². The van der Waals surface area contributed by atoms with Crippen LogP contribution in [-0.4, -0.2) is 29.7 Å². The number of carbonyl (C=O) groups excluding carboxylic acids is 2. The monoisotopic (exact) mass is 259 g/mol. The number of carbonyl (C=O) groups is 2. The third kappa shape index (κ3) is 3.91. The molecule has 1 saturated heterocycles. The van der Waals surface area contributed by atoms with E-state index in [2.05, 4.69) is 0 Å². The smallest absolute Gasteiger partial charge is 0.222 e. The van der Waals surface area contributed by atoms with Gasteiger partial charge in [0.1, 0.15) is 0 Å². The number of benzene rings is 1. The molecule has 19 heavy (non-hydrogen) atoms. The molecule has 0 radical (unpaired) electrons. The molecule has 2 rings (SSSR count). The first-order chi connectivity index (χ1) is 9.16. The SMILES string of the molecule is Cc1ccc(C(=O)CCCCN2CCCC2=O)cc1. The third-order valence-corrected chi connectivity index (χ3v) is 3.63. The van der Waals surface area contributed by atoms with Crippen molar-refractivity contribution in [2.24, 2.45) is 0 Å². The quantitative estimate of drug-likeness (QED) is 0.582. The summed E-state index contributed by atoms with van der Waals surface area (Å²) in [4.78, 5) is 25.3. The largest absolute Gasteiger partial charge is 0.343 e. The molecule has 1 aromatic rings. The van der Waals surface area contributed by atoms with Crippen molar-refractivity contribution in [3.8, 4) is 0 Å². The molecule has 0 atom stereocenters. The second-order valence-corrected chi connectivity index (χ2v) is 5.23. The molecular weight excluding hydrogens is 238 g/mol. The molecule has 1 heterocycles. The van der Waals surface area contributed by atoms with Gasteiger partial charge in [0.2, 0.25) is 5.91 Å². The summed E-state index contributed by atoms with van der Waals surface area (Å²) in [5, 5.41) is 0. The van der Waals surface area contributed by atoms with Gasteiger partial charge in [-0.1, -0.05) is 29.8 Å². The summed E-state index contributed by atoms with van der Waals surface area (Å²) < 4.78 is 0. The Morgan fingerprint density at radius 3 is 2.58 bits per heavy atom. The van der Waals surface area contributed by atoms with E-state index in [0.29, 0.717) is 12.8 Å². The Morgan fingerprint density at radius 1 is 1.21 bits per heavy atom. The van der Waals surface area contributed by atoms with Crippen molar-refractivity contribution >= 4 is 11.7 Å². The number of nitrogens with zero attached hydrogens (tertiary/aromatic N) is 1. The van der Waals surface area contributed by atoms with E-state index in [-0.39, 0.29) is 11.7 Å². The van der Waals surface area contributed by atoms with Gasteiger partial charge in [0.15, 0.2) is 5.78 Å². The molecule has 0 aromatic heterocycles. The van der Waals surface area contributed by atoms with E-state index in [4.69, 9.17) is 0 Å². The van der Waals surface area contributed by atoms with Crippen molar-refractivity contribution in [2.75, 3.05) is 13.1 Å². The number of hydrogen-bond acceptors (Lipinski definition) is 2. The summed E-state index contributed by atoms with van der Waals surface area (Å²) in [6, 6.07) is 7.72. The van der Waals surface area contributed by atoms with Gasteiger partial charge in [-0.3, -0.25) is 9.59 Å². The molecule has 1 fully saturated rings. The first-order valence-corrected chi connectivity index (χ1v) is 7.04. The van der Waals surface area contributed by atoms with Gasteiger partial charge in [0.05, 0.1) is 0 Å². The Balaban J connectivity index is 1.69. The van der Waals surface area contributed by atoms with Crippen LogP contribution in [0.3, 0.4) is 0 Å². The lowest BCUT2D eigenvalue weighted by atomic mass is 10.0. The van der Waals surface area contributed by atoms with Crippen LogP contribution in [0.5, 0.6) is 0 Å². The summed E-state index contributed by atoms with van der Waals surface area (Å²) in [5.74, 6) is 0.470. The van der Waals surface area contributed by atoms with E-state index in [0.717, 1.165) is 37.9 Å². The van der Waals surface area contributed by atoms with Crippen LogP contribution < -0.4 is 0 Å². The minimum absolute atomic E-state index is 0.202. The number of likely N-dealkylation sites (tertiary alicyclic amines) is 1. The zero-order valence-corrected chi connectivity index (χ0v) is 11.5.